The smallest absolute Gasteiger partial charge is 0.319 e. The van der Waals surface area contributed by atoms with E-state index in [1.807, 2.05) is 41.8 Å². The van der Waals surface area contributed by atoms with Crippen molar-refractivity contribution >= 4 is 23.1 Å². The molecular weight excluding hydrogens is 334 g/mol. The second-order valence-electron chi connectivity index (χ2n) is 5.08. The van der Waals surface area contributed by atoms with Crippen molar-refractivity contribution in [3.8, 4) is 11.1 Å². The molecule has 3 aromatic rings. The summed E-state index contributed by atoms with van der Waals surface area (Å²) in [7, 11) is 1.00. The summed E-state index contributed by atoms with van der Waals surface area (Å²) in [5, 5.41) is 16.8. The molecule has 6 heteroatoms. The average molecular weight is 355 g/mol. The molecule has 0 bridgehead atoms. The number of aromatic nitrogens is 1. The highest BCUT2D eigenvalue weighted by Gasteiger charge is 2.02. The molecule has 0 fully saturated rings. The van der Waals surface area contributed by atoms with Gasteiger partial charge in [0.2, 0.25) is 0 Å². The van der Waals surface area contributed by atoms with Gasteiger partial charge in [0.05, 0.1) is 0 Å². The number of hydrogen-bond acceptors (Lipinski definition) is 4. The number of nitrogens with zero attached hydrogens (tertiary/aromatic N) is 1. The summed E-state index contributed by atoms with van der Waals surface area (Å²) < 4.78 is 0. The molecular formula is C19H21N3O2S. The van der Waals surface area contributed by atoms with Crippen molar-refractivity contribution in [2.24, 2.45) is 0 Å². The highest BCUT2D eigenvalue weighted by molar-refractivity contribution is 7.07. The van der Waals surface area contributed by atoms with Crippen LogP contribution in [0.1, 0.15) is 5.56 Å². The average Bonchev–Trinajstić information content (AvgIpc) is 3.18. The number of nitrogens with one attached hydrogen (secondary N) is 2. The van der Waals surface area contributed by atoms with Gasteiger partial charge in [0.15, 0.2) is 0 Å². The van der Waals surface area contributed by atoms with Crippen LogP contribution in [0.4, 0.5) is 10.5 Å². The number of carbonyl (C=O) groups excluding carboxylic acids is 1. The van der Waals surface area contributed by atoms with Gasteiger partial charge in [0.25, 0.3) is 0 Å². The van der Waals surface area contributed by atoms with Crippen molar-refractivity contribution in [3.63, 3.8) is 0 Å². The quantitative estimate of drug-likeness (QED) is 0.652. The van der Waals surface area contributed by atoms with Crippen molar-refractivity contribution in [3.05, 3.63) is 71.2 Å². The Kier molecular flexibility index (Phi) is 7.62. The molecule has 0 saturated heterocycles. The zero-order valence-electron chi connectivity index (χ0n) is 14.0. The van der Waals surface area contributed by atoms with E-state index >= 15 is 0 Å². The van der Waals surface area contributed by atoms with E-state index in [9.17, 15) is 4.79 Å². The van der Waals surface area contributed by atoms with Crippen LogP contribution in [0.2, 0.25) is 0 Å². The molecule has 2 heterocycles. The first kappa shape index (κ1) is 18.6. The minimum absolute atomic E-state index is 0.183. The van der Waals surface area contributed by atoms with E-state index < -0.39 is 0 Å². The van der Waals surface area contributed by atoms with E-state index in [1.54, 1.807) is 23.7 Å². The Morgan fingerprint density at radius 3 is 2.36 bits per heavy atom. The maximum atomic E-state index is 11.9. The van der Waals surface area contributed by atoms with E-state index in [0.29, 0.717) is 6.54 Å². The van der Waals surface area contributed by atoms with Gasteiger partial charge in [-0.2, -0.15) is 11.3 Å². The third-order valence-electron chi connectivity index (χ3n) is 3.44. The lowest BCUT2D eigenvalue weighted by atomic mass is 10.1. The molecule has 3 rings (SSSR count). The number of amides is 2. The monoisotopic (exact) mass is 355 g/mol. The Bertz CT molecular complexity index is 744. The molecule has 2 aromatic heterocycles. The SMILES string of the molecule is CO.O=C(NCCc1ccsc1)Nc1ccc(-c2ccncc2)cc1. The van der Waals surface area contributed by atoms with Crippen LogP contribution in [0.3, 0.4) is 0 Å². The van der Waals surface area contributed by atoms with Crippen LogP contribution in [-0.4, -0.2) is 29.8 Å². The van der Waals surface area contributed by atoms with Gasteiger partial charge >= 0.3 is 6.03 Å². The summed E-state index contributed by atoms with van der Waals surface area (Å²) in [6.45, 7) is 0.623. The molecule has 130 valence electrons. The van der Waals surface area contributed by atoms with Crippen molar-refractivity contribution in [1.82, 2.24) is 10.3 Å². The topological polar surface area (TPSA) is 74.2 Å². The summed E-state index contributed by atoms with van der Waals surface area (Å²) >= 11 is 1.67. The first-order chi connectivity index (χ1) is 12.3. The third-order valence-corrected chi connectivity index (χ3v) is 4.17. The van der Waals surface area contributed by atoms with Gasteiger partial charge in [-0.25, -0.2) is 4.79 Å². The van der Waals surface area contributed by atoms with Gasteiger partial charge in [-0.15, -0.1) is 0 Å². The molecule has 5 nitrogen and oxygen atoms in total. The summed E-state index contributed by atoms with van der Waals surface area (Å²) in [6, 6.07) is 13.6. The van der Waals surface area contributed by atoms with Crippen LogP contribution in [0.25, 0.3) is 11.1 Å². The number of aliphatic hydroxyl groups is 1. The molecule has 1 aromatic carbocycles. The Morgan fingerprint density at radius 2 is 1.72 bits per heavy atom. The molecule has 0 aliphatic heterocycles. The minimum Gasteiger partial charge on any atom is -0.400 e. The fraction of sp³-hybridized carbons (Fsp3) is 0.158. The second kappa shape index (κ2) is 10.2. The van der Waals surface area contributed by atoms with E-state index in [4.69, 9.17) is 5.11 Å². The fourth-order valence-corrected chi connectivity index (χ4v) is 2.92. The van der Waals surface area contributed by atoms with Gasteiger partial charge < -0.3 is 15.7 Å². The number of rotatable bonds is 5. The zero-order chi connectivity index (χ0) is 17.9. The number of aliphatic hydroxyl groups excluding tert-OH is 1. The molecule has 3 N–H and O–H groups in total. The van der Waals surface area contributed by atoms with Crippen molar-refractivity contribution in [2.75, 3.05) is 19.0 Å². The predicted octanol–water partition coefficient (Wildman–Crippen LogP) is 3.78. The number of hydrogen-bond donors (Lipinski definition) is 3. The normalized spacial score (nSPS) is 9.68. The van der Waals surface area contributed by atoms with Gasteiger partial charge in [-0.3, -0.25) is 4.98 Å². The molecule has 0 saturated carbocycles. The number of urea groups is 1. The van der Waals surface area contributed by atoms with Gasteiger partial charge in [-0.1, -0.05) is 12.1 Å². The molecule has 0 aliphatic carbocycles. The van der Waals surface area contributed by atoms with E-state index in [1.165, 1.54) is 5.56 Å². The van der Waals surface area contributed by atoms with Crippen LogP contribution in [-0.2, 0) is 6.42 Å². The second-order valence-corrected chi connectivity index (χ2v) is 5.86. The van der Waals surface area contributed by atoms with Gasteiger partial charge in [0.1, 0.15) is 0 Å². The molecule has 0 radical (unpaired) electrons. The van der Waals surface area contributed by atoms with Gasteiger partial charge in [0, 0.05) is 31.7 Å². The number of pyridine rings is 1. The summed E-state index contributed by atoms with van der Waals surface area (Å²) in [5.74, 6) is 0. The maximum Gasteiger partial charge on any atom is 0.319 e. The lowest BCUT2D eigenvalue weighted by Gasteiger charge is -2.08. The largest absolute Gasteiger partial charge is 0.400 e. The Hall–Kier alpha value is -2.70. The highest BCUT2D eigenvalue weighted by atomic mass is 32.1. The molecule has 0 spiro atoms. The lowest BCUT2D eigenvalue weighted by molar-refractivity contribution is 0.252. The first-order valence-electron chi connectivity index (χ1n) is 7.82. The van der Waals surface area contributed by atoms with Crippen molar-refractivity contribution in [2.45, 2.75) is 6.42 Å². The molecule has 0 unspecified atom stereocenters. The van der Waals surface area contributed by atoms with Crippen LogP contribution in [0.15, 0.2) is 65.6 Å². The summed E-state index contributed by atoms with van der Waals surface area (Å²) in [5.41, 5.74) is 4.22. The number of thiophene rings is 1. The first-order valence-corrected chi connectivity index (χ1v) is 8.77. The van der Waals surface area contributed by atoms with E-state index in [0.717, 1.165) is 30.3 Å². The standard InChI is InChI=1S/C18H17N3OS.CH4O/c22-18(20-11-5-14-8-12-23-13-14)21-17-3-1-15(2-4-17)16-6-9-19-10-7-16;1-2/h1-4,6-10,12-13H,5,11H2,(H2,20,21,22);2H,1H3. The summed E-state index contributed by atoms with van der Waals surface area (Å²) in [4.78, 5) is 15.9. The van der Waals surface area contributed by atoms with Crippen LogP contribution in [0, 0.1) is 0 Å². The Morgan fingerprint density at radius 1 is 1.04 bits per heavy atom. The third kappa shape index (κ3) is 6.02. The van der Waals surface area contributed by atoms with Crippen LogP contribution in [0.5, 0.6) is 0 Å². The maximum absolute atomic E-state index is 11.9. The summed E-state index contributed by atoms with van der Waals surface area (Å²) in [6.07, 6.45) is 4.38. The molecule has 2 amide bonds. The van der Waals surface area contributed by atoms with E-state index in [2.05, 4.69) is 27.1 Å². The number of benzene rings is 1. The zero-order valence-corrected chi connectivity index (χ0v) is 14.8. The molecule has 0 aliphatic rings. The number of anilines is 1. The number of carbonyl (C=O) groups is 1. The van der Waals surface area contributed by atoms with Crippen LogP contribution < -0.4 is 10.6 Å². The van der Waals surface area contributed by atoms with Crippen molar-refractivity contribution in [1.29, 1.82) is 0 Å². The Balaban J connectivity index is 0.00000109. The Labute approximate surface area is 151 Å². The fourth-order valence-electron chi connectivity index (χ4n) is 2.22. The van der Waals surface area contributed by atoms with Crippen LogP contribution >= 0.6 is 11.3 Å². The predicted molar refractivity (Wildman–Crippen MR) is 103 cm³/mol. The lowest BCUT2D eigenvalue weighted by Crippen LogP contribution is -2.30. The molecule has 0 atom stereocenters. The minimum atomic E-state index is -0.183. The highest BCUT2D eigenvalue weighted by Crippen LogP contribution is 2.20. The molecule has 25 heavy (non-hydrogen) atoms. The van der Waals surface area contributed by atoms with E-state index in [-0.39, 0.29) is 6.03 Å². The van der Waals surface area contributed by atoms with Gasteiger partial charge in [-0.05, 0) is 64.2 Å². The van der Waals surface area contributed by atoms with Crippen molar-refractivity contribution < 1.29 is 9.90 Å².